The summed E-state index contributed by atoms with van der Waals surface area (Å²) in [6.45, 7) is 6.97. The average Bonchev–Trinajstić information content (AvgIpc) is 2.27. The molecule has 4 nitrogen and oxygen atoms in total. The van der Waals surface area contributed by atoms with E-state index in [-0.39, 0.29) is 18.5 Å². The molecule has 1 aliphatic heterocycles. The Morgan fingerprint density at radius 3 is 2.44 bits per heavy atom. The fraction of sp³-hybridized carbons (Fsp3) is 0.900. The first kappa shape index (κ1) is 15.9. The summed E-state index contributed by atoms with van der Waals surface area (Å²) < 4.78 is 4.96. The summed E-state index contributed by atoms with van der Waals surface area (Å²) in [4.78, 5) is 15.6. The van der Waals surface area contributed by atoms with Crippen molar-refractivity contribution in [2.75, 3.05) is 51.3 Å². The van der Waals surface area contributed by atoms with E-state index in [2.05, 4.69) is 11.2 Å². The summed E-state index contributed by atoms with van der Waals surface area (Å²) in [5, 5.41) is 0. The van der Waals surface area contributed by atoms with Gasteiger partial charge in [0.2, 0.25) is 0 Å². The van der Waals surface area contributed by atoms with Gasteiger partial charge in [0.25, 0.3) is 0 Å². The molecular formula is C10H21ClN2O2S. The molecule has 6 heteroatoms. The van der Waals surface area contributed by atoms with E-state index >= 15 is 0 Å². The van der Waals surface area contributed by atoms with Gasteiger partial charge >= 0.3 is 6.09 Å². The molecule has 0 aromatic heterocycles. The Morgan fingerprint density at radius 1 is 1.31 bits per heavy atom. The minimum absolute atomic E-state index is 0. The Hall–Kier alpha value is -0.130. The van der Waals surface area contributed by atoms with Crippen LogP contribution in [0.1, 0.15) is 6.92 Å². The van der Waals surface area contributed by atoms with Gasteiger partial charge in [-0.25, -0.2) is 4.79 Å². The number of ether oxygens (including phenoxy) is 1. The highest BCUT2D eigenvalue weighted by Crippen LogP contribution is 2.04. The van der Waals surface area contributed by atoms with Gasteiger partial charge in [0, 0.05) is 38.5 Å². The van der Waals surface area contributed by atoms with Crippen molar-refractivity contribution in [3.8, 4) is 0 Å². The van der Waals surface area contributed by atoms with Crippen LogP contribution < -0.4 is 0 Å². The maximum Gasteiger partial charge on any atom is 0.409 e. The molecule has 0 atom stereocenters. The molecule has 0 spiro atoms. The molecule has 1 saturated heterocycles. The molecule has 0 saturated carbocycles. The fourth-order valence-electron chi connectivity index (χ4n) is 1.59. The lowest BCUT2D eigenvalue weighted by Gasteiger charge is -2.33. The average molecular weight is 269 g/mol. The van der Waals surface area contributed by atoms with Gasteiger partial charge < -0.3 is 9.64 Å². The molecule has 0 aromatic carbocycles. The van der Waals surface area contributed by atoms with Gasteiger partial charge in [-0.05, 0) is 13.2 Å². The minimum atomic E-state index is -0.165. The van der Waals surface area contributed by atoms with Crippen LogP contribution in [0.2, 0.25) is 0 Å². The molecule has 1 aliphatic rings. The lowest BCUT2D eigenvalue weighted by atomic mass is 10.3. The van der Waals surface area contributed by atoms with Crippen molar-refractivity contribution in [1.82, 2.24) is 9.80 Å². The van der Waals surface area contributed by atoms with E-state index in [0.717, 1.165) is 32.7 Å². The first-order valence-corrected chi connectivity index (χ1v) is 6.80. The predicted molar refractivity (Wildman–Crippen MR) is 70.7 cm³/mol. The van der Waals surface area contributed by atoms with Crippen molar-refractivity contribution in [3.05, 3.63) is 0 Å². The first-order chi connectivity index (χ1) is 7.27. The van der Waals surface area contributed by atoms with Crippen LogP contribution in [0.5, 0.6) is 0 Å². The Morgan fingerprint density at radius 2 is 1.94 bits per heavy atom. The van der Waals surface area contributed by atoms with Crippen molar-refractivity contribution in [2.45, 2.75) is 6.92 Å². The van der Waals surface area contributed by atoms with Crippen molar-refractivity contribution in [1.29, 1.82) is 0 Å². The summed E-state index contributed by atoms with van der Waals surface area (Å²) in [5.74, 6) is 1.17. The molecule has 0 aliphatic carbocycles. The van der Waals surface area contributed by atoms with Gasteiger partial charge in [0.1, 0.15) is 0 Å². The minimum Gasteiger partial charge on any atom is -0.450 e. The zero-order chi connectivity index (χ0) is 11.1. The summed E-state index contributed by atoms with van der Waals surface area (Å²) in [5.41, 5.74) is 0. The first-order valence-electron chi connectivity index (χ1n) is 5.41. The number of thioether (sulfide) groups is 1. The van der Waals surface area contributed by atoms with Crippen molar-refractivity contribution in [2.24, 2.45) is 0 Å². The van der Waals surface area contributed by atoms with Crippen molar-refractivity contribution < 1.29 is 9.53 Å². The highest BCUT2D eigenvalue weighted by atomic mass is 35.5. The number of carbonyl (C=O) groups excluding carboxylic acids is 1. The van der Waals surface area contributed by atoms with Gasteiger partial charge in [-0.2, -0.15) is 11.8 Å². The lowest BCUT2D eigenvalue weighted by molar-refractivity contribution is 0.0813. The number of halogens is 1. The van der Waals surface area contributed by atoms with Gasteiger partial charge in [-0.15, -0.1) is 12.4 Å². The lowest BCUT2D eigenvalue weighted by Crippen LogP contribution is -2.49. The fourth-order valence-corrected chi connectivity index (χ4v) is 2.03. The van der Waals surface area contributed by atoms with Crippen LogP contribution in [-0.2, 0) is 4.74 Å². The van der Waals surface area contributed by atoms with Gasteiger partial charge in [0.05, 0.1) is 6.61 Å². The van der Waals surface area contributed by atoms with Crippen LogP contribution in [0.15, 0.2) is 0 Å². The Bertz CT molecular complexity index is 199. The van der Waals surface area contributed by atoms with Gasteiger partial charge in [0.15, 0.2) is 0 Å². The largest absolute Gasteiger partial charge is 0.450 e. The number of hydrogen-bond acceptors (Lipinski definition) is 4. The van der Waals surface area contributed by atoms with E-state index in [4.69, 9.17) is 4.74 Å². The molecule has 0 N–H and O–H groups in total. The van der Waals surface area contributed by atoms with Gasteiger partial charge in [-0.1, -0.05) is 0 Å². The maximum absolute atomic E-state index is 11.4. The van der Waals surface area contributed by atoms with Crippen molar-refractivity contribution >= 4 is 30.3 Å². The van der Waals surface area contributed by atoms with Crippen LogP contribution >= 0.6 is 24.2 Å². The Kier molecular flexibility index (Phi) is 8.89. The molecule has 1 heterocycles. The highest BCUT2D eigenvalue weighted by Gasteiger charge is 2.21. The van der Waals surface area contributed by atoms with Crippen LogP contribution in [-0.4, -0.2) is 67.2 Å². The second-order valence-corrected chi connectivity index (χ2v) is 4.51. The van der Waals surface area contributed by atoms with Crippen LogP contribution in [0.4, 0.5) is 4.79 Å². The number of carbonyl (C=O) groups is 1. The quantitative estimate of drug-likeness (QED) is 0.775. The second-order valence-electron chi connectivity index (χ2n) is 3.52. The zero-order valence-electron chi connectivity index (χ0n) is 9.98. The second kappa shape index (κ2) is 8.96. The van der Waals surface area contributed by atoms with E-state index in [9.17, 15) is 4.79 Å². The molecule has 1 rings (SSSR count). The van der Waals surface area contributed by atoms with Gasteiger partial charge in [-0.3, -0.25) is 4.90 Å². The van der Waals surface area contributed by atoms with Crippen LogP contribution in [0.3, 0.4) is 0 Å². The molecule has 0 unspecified atom stereocenters. The topological polar surface area (TPSA) is 32.8 Å². The van der Waals surface area contributed by atoms with E-state index < -0.39 is 0 Å². The maximum atomic E-state index is 11.4. The summed E-state index contributed by atoms with van der Waals surface area (Å²) in [7, 11) is 0. The molecular weight excluding hydrogens is 248 g/mol. The number of amides is 1. The Labute approximate surface area is 108 Å². The smallest absolute Gasteiger partial charge is 0.409 e. The zero-order valence-corrected chi connectivity index (χ0v) is 11.6. The summed E-state index contributed by atoms with van der Waals surface area (Å²) in [6, 6.07) is 0. The summed E-state index contributed by atoms with van der Waals surface area (Å²) >= 11 is 1.86. The van der Waals surface area contributed by atoms with E-state index in [0.29, 0.717) is 6.61 Å². The van der Waals surface area contributed by atoms with Crippen LogP contribution in [0, 0.1) is 0 Å². The monoisotopic (exact) mass is 268 g/mol. The van der Waals surface area contributed by atoms with Crippen LogP contribution in [0.25, 0.3) is 0 Å². The van der Waals surface area contributed by atoms with E-state index in [1.54, 1.807) is 4.90 Å². The highest BCUT2D eigenvalue weighted by molar-refractivity contribution is 7.98. The standard InChI is InChI=1S/C10H20N2O2S.ClH/c1-3-14-10(13)12-6-4-11(5-7-12)8-9-15-2;/h3-9H2,1-2H3;1H. The summed E-state index contributed by atoms with van der Waals surface area (Å²) in [6.07, 6.45) is 1.96. The number of rotatable bonds is 4. The third-order valence-corrected chi connectivity index (χ3v) is 3.10. The molecule has 1 fully saturated rings. The van der Waals surface area contributed by atoms with E-state index in [1.807, 2.05) is 18.7 Å². The van der Waals surface area contributed by atoms with Crippen molar-refractivity contribution in [3.63, 3.8) is 0 Å². The SMILES string of the molecule is CCOC(=O)N1CCN(CCSC)CC1.Cl. The molecule has 0 bridgehead atoms. The predicted octanol–water partition coefficient (Wildman–Crippen LogP) is 1.55. The number of hydrogen-bond donors (Lipinski definition) is 0. The third-order valence-electron chi connectivity index (χ3n) is 2.51. The number of nitrogens with zero attached hydrogens (tertiary/aromatic N) is 2. The molecule has 96 valence electrons. The molecule has 0 radical (unpaired) electrons. The molecule has 1 amide bonds. The third kappa shape index (κ3) is 5.27. The molecule has 16 heavy (non-hydrogen) atoms. The molecule has 0 aromatic rings. The normalized spacial score (nSPS) is 16.8. The van der Waals surface area contributed by atoms with E-state index in [1.165, 1.54) is 5.75 Å². The number of piperazine rings is 1. The Balaban J connectivity index is 0.00000225.